The highest BCUT2D eigenvalue weighted by molar-refractivity contribution is 5.79. The standard InChI is InChI=1S/C18H26N6O/c1-2-18(8-3-9-18)12-19-17(25)14-6-10-23(11-7-14)16-5-4-15-21-20-13-24(15)22-16/h4-5,13-14H,2-3,6-12H2,1H3,(H,19,25). The van der Waals surface area contributed by atoms with Crippen LogP contribution in [-0.4, -0.2) is 45.4 Å². The first-order valence-corrected chi connectivity index (χ1v) is 9.39. The first-order chi connectivity index (χ1) is 12.2. The van der Waals surface area contributed by atoms with Gasteiger partial charge in [0.1, 0.15) is 12.1 Å². The first kappa shape index (κ1) is 16.3. The number of hydrogen-bond acceptors (Lipinski definition) is 5. The molecule has 0 atom stereocenters. The molecule has 0 unspecified atom stereocenters. The third-order valence-electron chi connectivity index (χ3n) is 6.14. The molecular formula is C18H26N6O. The molecular weight excluding hydrogens is 316 g/mol. The van der Waals surface area contributed by atoms with E-state index >= 15 is 0 Å². The van der Waals surface area contributed by atoms with Crippen molar-refractivity contribution in [2.45, 2.75) is 45.4 Å². The van der Waals surface area contributed by atoms with Crippen LogP contribution in [0.5, 0.6) is 0 Å². The quantitative estimate of drug-likeness (QED) is 0.900. The number of aromatic nitrogens is 4. The van der Waals surface area contributed by atoms with Crippen LogP contribution in [-0.2, 0) is 4.79 Å². The molecule has 0 bridgehead atoms. The second kappa shape index (κ2) is 6.61. The highest BCUT2D eigenvalue weighted by Crippen LogP contribution is 2.43. The number of carbonyl (C=O) groups is 1. The van der Waals surface area contributed by atoms with Crippen molar-refractivity contribution in [1.29, 1.82) is 0 Å². The average Bonchev–Trinajstić information content (AvgIpc) is 3.09. The van der Waals surface area contributed by atoms with Gasteiger partial charge in [-0.2, -0.15) is 4.52 Å². The molecule has 1 saturated carbocycles. The van der Waals surface area contributed by atoms with Crippen LogP contribution in [0.3, 0.4) is 0 Å². The molecule has 2 aromatic heterocycles. The monoisotopic (exact) mass is 342 g/mol. The predicted octanol–water partition coefficient (Wildman–Crippen LogP) is 2.04. The Kier molecular flexibility index (Phi) is 4.31. The third-order valence-corrected chi connectivity index (χ3v) is 6.14. The van der Waals surface area contributed by atoms with Crippen molar-refractivity contribution in [3.8, 4) is 0 Å². The average molecular weight is 342 g/mol. The molecule has 0 spiro atoms. The highest BCUT2D eigenvalue weighted by Gasteiger charge is 2.36. The van der Waals surface area contributed by atoms with Crippen LogP contribution in [0.25, 0.3) is 5.65 Å². The lowest BCUT2D eigenvalue weighted by Crippen LogP contribution is -2.46. The van der Waals surface area contributed by atoms with Crippen molar-refractivity contribution in [2.75, 3.05) is 24.5 Å². The number of nitrogens with zero attached hydrogens (tertiary/aromatic N) is 5. The fourth-order valence-corrected chi connectivity index (χ4v) is 4.01. The van der Waals surface area contributed by atoms with Crippen molar-refractivity contribution >= 4 is 17.4 Å². The van der Waals surface area contributed by atoms with E-state index in [1.54, 1.807) is 10.8 Å². The number of fused-ring (bicyclic) bond motifs is 1. The Morgan fingerprint density at radius 2 is 2.12 bits per heavy atom. The van der Waals surface area contributed by atoms with Gasteiger partial charge in [0, 0.05) is 25.6 Å². The van der Waals surface area contributed by atoms with Gasteiger partial charge in [-0.05, 0) is 49.7 Å². The lowest BCUT2D eigenvalue weighted by Gasteiger charge is -2.42. The van der Waals surface area contributed by atoms with Crippen LogP contribution < -0.4 is 10.2 Å². The third kappa shape index (κ3) is 3.19. The summed E-state index contributed by atoms with van der Waals surface area (Å²) in [7, 11) is 0. The number of hydrogen-bond donors (Lipinski definition) is 1. The first-order valence-electron chi connectivity index (χ1n) is 9.39. The molecule has 2 fully saturated rings. The number of nitrogens with one attached hydrogen (secondary N) is 1. The second-order valence-corrected chi connectivity index (χ2v) is 7.51. The molecule has 1 N–H and O–H groups in total. The summed E-state index contributed by atoms with van der Waals surface area (Å²) in [6.45, 7) is 4.81. The summed E-state index contributed by atoms with van der Waals surface area (Å²) >= 11 is 0. The van der Waals surface area contributed by atoms with Gasteiger partial charge in [-0.25, -0.2) is 0 Å². The molecule has 25 heavy (non-hydrogen) atoms. The maximum absolute atomic E-state index is 12.5. The molecule has 7 heteroatoms. The van der Waals surface area contributed by atoms with Gasteiger partial charge in [0.05, 0.1) is 0 Å². The molecule has 1 saturated heterocycles. The molecule has 4 rings (SSSR count). The van der Waals surface area contributed by atoms with E-state index in [-0.39, 0.29) is 11.8 Å². The van der Waals surface area contributed by atoms with Crippen LogP contribution in [0.15, 0.2) is 18.5 Å². The largest absolute Gasteiger partial charge is 0.355 e. The molecule has 1 aliphatic carbocycles. The van der Waals surface area contributed by atoms with Gasteiger partial charge < -0.3 is 10.2 Å². The minimum atomic E-state index is 0.129. The Bertz CT molecular complexity index is 739. The van der Waals surface area contributed by atoms with E-state index in [1.165, 1.54) is 25.7 Å². The normalized spacial score (nSPS) is 20.4. The molecule has 1 aliphatic heterocycles. The van der Waals surface area contributed by atoms with Crippen molar-refractivity contribution < 1.29 is 4.79 Å². The topological polar surface area (TPSA) is 75.4 Å². The summed E-state index contributed by atoms with van der Waals surface area (Å²) in [5, 5.41) is 15.6. The molecule has 134 valence electrons. The summed E-state index contributed by atoms with van der Waals surface area (Å²) in [5.74, 6) is 1.29. The van der Waals surface area contributed by atoms with E-state index in [1.807, 2.05) is 12.1 Å². The molecule has 1 amide bonds. The molecule has 2 aromatic rings. The smallest absolute Gasteiger partial charge is 0.223 e. The van der Waals surface area contributed by atoms with Gasteiger partial charge in [-0.15, -0.1) is 15.3 Å². The van der Waals surface area contributed by atoms with E-state index in [4.69, 9.17) is 0 Å². The Balaban J connectivity index is 1.30. The van der Waals surface area contributed by atoms with Crippen molar-refractivity contribution in [3.63, 3.8) is 0 Å². The summed E-state index contributed by atoms with van der Waals surface area (Å²) in [6.07, 6.45) is 8.39. The minimum Gasteiger partial charge on any atom is -0.355 e. The maximum atomic E-state index is 12.5. The SMILES string of the molecule is CCC1(CNC(=O)C2CCN(c3ccc4nncn4n3)CC2)CCC1. The van der Waals surface area contributed by atoms with E-state index in [0.29, 0.717) is 5.41 Å². The number of carbonyl (C=O) groups excluding carboxylic acids is 1. The minimum absolute atomic E-state index is 0.129. The van der Waals surface area contributed by atoms with Crippen molar-refractivity contribution in [2.24, 2.45) is 11.3 Å². The zero-order valence-electron chi connectivity index (χ0n) is 14.8. The summed E-state index contributed by atoms with van der Waals surface area (Å²) in [4.78, 5) is 14.8. The molecule has 7 nitrogen and oxygen atoms in total. The Morgan fingerprint density at radius 3 is 2.80 bits per heavy atom. The number of amides is 1. The second-order valence-electron chi connectivity index (χ2n) is 7.51. The maximum Gasteiger partial charge on any atom is 0.223 e. The zero-order valence-corrected chi connectivity index (χ0v) is 14.8. The summed E-state index contributed by atoms with van der Waals surface area (Å²) in [6, 6.07) is 3.91. The van der Waals surface area contributed by atoms with Gasteiger partial charge >= 0.3 is 0 Å². The van der Waals surface area contributed by atoms with E-state index in [2.05, 4.69) is 32.4 Å². The van der Waals surface area contributed by atoms with E-state index in [0.717, 1.165) is 43.9 Å². The van der Waals surface area contributed by atoms with Gasteiger partial charge in [0.2, 0.25) is 5.91 Å². The van der Waals surface area contributed by atoms with E-state index < -0.39 is 0 Å². The number of anilines is 1. The molecule has 0 aromatic carbocycles. The van der Waals surface area contributed by atoms with Gasteiger partial charge in [-0.1, -0.05) is 13.3 Å². The predicted molar refractivity (Wildman–Crippen MR) is 95.3 cm³/mol. The molecule has 0 radical (unpaired) electrons. The van der Waals surface area contributed by atoms with Crippen molar-refractivity contribution in [3.05, 3.63) is 18.5 Å². The summed E-state index contributed by atoms with van der Waals surface area (Å²) < 4.78 is 1.69. The zero-order chi connectivity index (χ0) is 17.3. The fraction of sp³-hybridized carbons (Fsp3) is 0.667. The van der Waals surface area contributed by atoms with Gasteiger partial charge in [0.15, 0.2) is 5.65 Å². The number of piperidine rings is 1. The Labute approximate surface area is 147 Å². The summed E-state index contributed by atoms with van der Waals surface area (Å²) in [5.41, 5.74) is 1.13. The Hall–Kier alpha value is -2.18. The van der Waals surface area contributed by atoms with Crippen LogP contribution in [0.2, 0.25) is 0 Å². The van der Waals surface area contributed by atoms with Crippen LogP contribution in [0.1, 0.15) is 45.4 Å². The highest BCUT2D eigenvalue weighted by atomic mass is 16.1. The van der Waals surface area contributed by atoms with Crippen LogP contribution >= 0.6 is 0 Å². The van der Waals surface area contributed by atoms with Gasteiger partial charge in [-0.3, -0.25) is 4.79 Å². The number of rotatable bonds is 5. The van der Waals surface area contributed by atoms with E-state index in [9.17, 15) is 4.79 Å². The lowest BCUT2D eigenvalue weighted by molar-refractivity contribution is -0.126. The molecule has 3 heterocycles. The fourth-order valence-electron chi connectivity index (χ4n) is 4.01. The Morgan fingerprint density at radius 1 is 1.32 bits per heavy atom. The van der Waals surface area contributed by atoms with Gasteiger partial charge in [0.25, 0.3) is 0 Å². The van der Waals surface area contributed by atoms with Crippen LogP contribution in [0, 0.1) is 11.3 Å². The van der Waals surface area contributed by atoms with Crippen molar-refractivity contribution in [1.82, 2.24) is 25.1 Å². The lowest BCUT2D eigenvalue weighted by atomic mass is 9.67. The van der Waals surface area contributed by atoms with Crippen LogP contribution in [0.4, 0.5) is 5.82 Å². The molecule has 2 aliphatic rings.